The minimum absolute atomic E-state index is 0.0596. The fourth-order valence-corrected chi connectivity index (χ4v) is 4.59. The number of hydrogen-bond acceptors (Lipinski definition) is 5. The van der Waals surface area contributed by atoms with Crippen LogP contribution in [0.1, 0.15) is 68.7 Å². The summed E-state index contributed by atoms with van der Waals surface area (Å²) in [4.78, 5) is 14.0. The topological polar surface area (TPSA) is 82.7 Å². The lowest BCUT2D eigenvalue weighted by molar-refractivity contribution is -0.0783. The van der Waals surface area contributed by atoms with E-state index in [-0.39, 0.29) is 23.5 Å². The molecule has 0 unspecified atom stereocenters. The Morgan fingerprint density at radius 2 is 1.91 bits per heavy atom. The summed E-state index contributed by atoms with van der Waals surface area (Å²) in [7, 11) is 0. The SMILES string of the molecule is O=C1N(O)[C@H]2CN1[C@H](c1nnc(C3CCCC3)o1)CC21CC1. The van der Waals surface area contributed by atoms with Gasteiger partial charge in [-0.2, -0.15) is 0 Å². The first kappa shape index (κ1) is 12.9. The van der Waals surface area contributed by atoms with E-state index < -0.39 is 0 Å². The average molecular weight is 304 g/mol. The predicted molar refractivity (Wildman–Crippen MR) is 74.0 cm³/mol. The second-order valence-corrected chi connectivity index (χ2v) is 7.34. The highest BCUT2D eigenvalue weighted by molar-refractivity contribution is 5.77. The molecule has 5 rings (SSSR count). The first-order chi connectivity index (χ1) is 10.7. The van der Waals surface area contributed by atoms with E-state index in [1.165, 1.54) is 12.8 Å². The normalized spacial score (nSPS) is 33.2. The van der Waals surface area contributed by atoms with Crippen molar-refractivity contribution in [1.82, 2.24) is 20.2 Å². The zero-order valence-corrected chi connectivity index (χ0v) is 12.4. The van der Waals surface area contributed by atoms with Crippen molar-refractivity contribution in [2.45, 2.75) is 62.9 Å². The van der Waals surface area contributed by atoms with Crippen molar-refractivity contribution in [2.24, 2.45) is 5.41 Å². The van der Waals surface area contributed by atoms with E-state index in [0.717, 1.165) is 43.1 Å². The van der Waals surface area contributed by atoms with E-state index in [2.05, 4.69) is 10.2 Å². The molecule has 1 N–H and O–H groups in total. The van der Waals surface area contributed by atoms with Crippen LogP contribution in [-0.2, 0) is 0 Å². The number of hydroxylamine groups is 2. The lowest BCUT2D eigenvalue weighted by Gasteiger charge is -2.34. The van der Waals surface area contributed by atoms with E-state index in [1.54, 1.807) is 4.90 Å². The molecule has 4 aliphatic rings. The largest absolute Gasteiger partial charge is 0.423 e. The van der Waals surface area contributed by atoms with Crippen molar-refractivity contribution in [3.05, 3.63) is 11.8 Å². The number of nitrogens with zero attached hydrogens (tertiary/aromatic N) is 4. The van der Waals surface area contributed by atoms with Crippen LogP contribution in [0.3, 0.4) is 0 Å². The molecular formula is C15H20N4O3. The lowest BCUT2D eigenvalue weighted by atomic mass is 9.85. The average Bonchev–Trinajstić information content (AvgIpc) is 2.96. The van der Waals surface area contributed by atoms with Crippen molar-refractivity contribution < 1.29 is 14.4 Å². The van der Waals surface area contributed by atoms with Crippen LogP contribution in [0, 0.1) is 5.41 Å². The summed E-state index contributed by atoms with van der Waals surface area (Å²) in [5.74, 6) is 1.67. The number of carbonyl (C=O) groups is 1. The highest BCUT2D eigenvalue weighted by atomic mass is 16.5. The maximum Gasteiger partial charge on any atom is 0.344 e. The zero-order valence-electron chi connectivity index (χ0n) is 12.4. The summed E-state index contributed by atoms with van der Waals surface area (Å²) in [5.41, 5.74) is 0.0596. The molecule has 2 aliphatic heterocycles. The van der Waals surface area contributed by atoms with Crippen LogP contribution in [0.15, 0.2) is 4.42 Å². The summed E-state index contributed by atoms with van der Waals surface area (Å²) >= 11 is 0. The molecule has 1 aromatic rings. The molecule has 3 heterocycles. The van der Waals surface area contributed by atoms with E-state index in [1.807, 2.05) is 0 Å². The Morgan fingerprint density at radius 1 is 1.18 bits per heavy atom. The Bertz CT molecular complexity index is 620. The van der Waals surface area contributed by atoms with Crippen LogP contribution >= 0.6 is 0 Å². The van der Waals surface area contributed by atoms with E-state index >= 15 is 0 Å². The van der Waals surface area contributed by atoms with Gasteiger partial charge >= 0.3 is 6.03 Å². The summed E-state index contributed by atoms with van der Waals surface area (Å²) in [5, 5.41) is 19.5. The molecule has 2 atom stereocenters. The molecule has 0 aromatic carbocycles. The molecule has 2 saturated heterocycles. The monoisotopic (exact) mass is 304 g/mol. The molecule has 118 valence electrons. The van der Waals surface area contributed by atoms with Crippen molar-refractivity contribution in [3.63, 3.8) is 0 Å². The molecule has 2 amide bonds. The molecule has 7 nitrogen and oxygen atoms in total. The van der Waals surface area contributed by atoms with Gasteiger partial charge in [0, 0.05) is 12.5 Å². The first-order valence-electron chi connectivity index (χ1n) is 8.30. The number of rotatable bonds is 2. The van der Waals surface area contributed by atoms with Gasteiger partial charge in [-0.15, -0.1) is 10.2 Å². The van der Waals surface area contributed by atoms with E-state index in [4.69, 9.17) is 4.42 Å². The molecule has 22 heavy (non-hydrogen) atoms. The van der Waals surface area contributed by atoms with E-state index in [9.17, 15) is 10.0 Å². The fourth-order valence-electron chi connectivity index (χ4n) is 4.59. The summed E-state index contributed by atoms with van der Waals surface area (Å²) < 4.78 is 5.95. The molecular weight excluding hydrogens is 284 g/mol. The number of hydrogen-bond donors (Lipinski definition) is 1. The van der Waals surface area contributed by atoms with Gasteiger partial charge in [-0.25, -0.2) is 9.86 Å². The third-order valence-electron chi connectivity index (χ3n) is 6.13. The van der Waals surface area contributed by atoms with Crippen molar-refractivity contribution in [2.75, 3.05) is 6.54 Å². The number of aromatic nitrogens is 2. The molecule has 2 saturated carbocycles. The third-order valence-corrected chi connectivity index (χ3v) is 6.13. The van der Waals surface area contributed by atoms with Crippen LogP contribution in [0.5, 0.6) is 0 Å². The Morgan fingerprint density at radius 3 is 2.64 bits per heavy atom. The molecule has 2 bridgehead atoms. The van der Waals surface area contributed by atoms with Gasteiger partial charge in [0.1, 0.15) is 6.04 Å². The van der Waals surface area contributed by atoms with Crippen molar-refractivity contribution >= 4 is 6.03 Å². The molecule has 1 spiro atoms. The maximum absolute atomic E-state index is 12.3. The highest BCUT2D eigenvalue weighted by Crippen LogP contribution is 2.61. The van der Waals surface area contributed by atoms with Gasteiger partial charge < -0.3 is 9.32 Å². The number of amides is 2. The van der Waals surface area contributed by atoms with Crippen LogP contribution < -0.4 is 0 Å². The highest BCUT2D eigenvalue weighted by Gasteiger charge is 2.63. The number of fused-ring (bicyclic) bond motifs is 3. The quantitative estimate of drug-likeness (QED) is 0.849. The van der Waals surface area contributed by atoms with Gasteiger partial charge in [-0.3, -0.25) is 5.21 Å². The van der Waals surface area contributed by atoms with Gasteiger partial charge in [-0.05, 0) is 37.5 Å². The van der Waals surface area contributed by atoms with Gasteiger partial charge in [0.15, 0.2) is 0 Å². The second-order valence-electron chi connectivity index (χ2n) is 7.34. The molecule has 2 aliphatic carbocycles. The van der Waals surface area contributed by atoms with Crippen molar-refractivity contribution in [3.8, 4) is 0 Å². The Labute approximate surface area is 128 Å². The minimum atomic E-state index is -0.320. The van der Waals surface area contributed by atoms with E-state index in [0.29, 0.717) is 18.4 Å². The number of urea groups is 1. The molecule has 1 aromatic heterocycles. The van der Waals surface area contributed by atoms with Gasteiger partial charge in [0.05, 0.1) is 6.04 Å². The third kappa shape index (κ3) is 1.63. The van der Waals surface area contributed by atoms with Crippen LogP contribution in [-0.4, -0.2) is 44.0 Å². The number of piperidine rings is 1. The number of carbonyl (C=O) groups excluding carboxylic acids is 1. The first-order valence-corrected chi connectivity index (χ1v) is 8.30. The van der Waals surface area contributed by atoms with Crippen LogP contribution in [0.4, 0.5) is 4.79 Å². The Kier molecular flexibility index (Phi) is 2.47. The van der Waals surface area contributed by atoms with Crippen molar-refractivity contribution in [1.29, 1.82) is 0 Å². The Hall–Kier alpha value is -1.63. The minimum Gasteiger partial charge on any atom is -0.423 e. The molecule has 7 heteroatoms. The van der Waals surface area contributed by atoms with Gasteiger partial charge in [0.2, 0.25) is 11.8 Å². The van der Waals surface area contributed by atoms with Crippen LogP contribution in [0.25, 0.3) is 0 Å². The predicted octanol–water partition coefficient (Wildman–Crippen LogP) is 2.45. The lowest BCUT2D eigenvalue weighted by Crippen LogP contribution is -2.41. The zero-order chi connectivity index (χ0) is 14.9. The molecule has 0 radical (unpaired) electrons. The Balaban J connectivity index is 1.46. The second kappa shape index (κ2) is 4.22. The van der Waals surface area contributed by atoms with Crippen LogP contribution in [0.2, 0.25) is 0 Å². The summed E-state index contributed by atoms with van der Waals surface area (Å²) in [6.45, 7) is 0.571. The summed E-state index contributed by atoms with van der Waals surface area (Å²) in [6.07, 6.45) is 7.64. The standard InChI is InChI=1S/C15H20N4O3/c20-14-18-8-11(19(14)21)15(5-6-15)7-10(18)13-17-16-12(22-13)9-3-1-2-4-9/h9-11,21H,1-8H2/t10-,11-/m0/s1. The van der Waals surface area contributed by atoms with Gasteiger partial charge in [-0.1, -0.05) is 12.8 Å². The summed E-state index contributed by atoms with van der Waals surface area (Å²) in [6, 6.07) is -0.557. The van der Waals surface area contributed by atoms with Gasteiger partial charge in [0.25, 0.3) is 0 Å². The fraction of sp³-hybridized carbons (Fsp3) is 0.800. The smallest absolute Gasteiger partial charge is 0.344 e. The molecule has 4 fully saturated rings. The maximum atomic E-state index is 12.3.